The van der Waals surface area contributed by atoms with E-state index in [4.69, 9.17) is 0 Å². The predicted octanol–water partition coefficient (Wildman–Crippen LogP) is 3.85. The fourth-order valence-electron chi connectivity index (χ4n) is 2.67. The molecule has 0 unspecified atom stereocenters. The highest BCUT2D eigenvalue weighted by molar-refractivity contribution is 7.78. The molecule has 0 heterocycles. The van der Waals surface area contributed by atoms with Crippen molar-refractivity contribution in [1.82, 2.24) is 0 Å². The number of aryl methyl sites for hydroxylation is 3. The highest BCUT2D eigenvalue weighted by Crippen LogP contribution is 2.45. The minimum absolute atomic E-state index is 0.590. The van der Waals surface area contributed by atoms with Crippen LogP contribution in [0.5, 0.6) is 0 Å². The summed E-state index contributed by atoms with van der Waals surface area (Å²) in [7, 11) is -3.17. The molecule has 1 atom stereocenters. The third-order valence-electron chi connectivity index (χ3n) is 3.34. The molecule has 0 aromatic heterocycles. The Morgan fingerprint density at radius 1 is 1.00 bits per heavy atom. The molecule has 0 fully saturated rings. The second-order valence-electron chi connectivity index (χ2n) is 4.94. The van der Waals surface area contributed by atoms with Crippen LogP contribution in [-0.4, -0.2) is 6.42 Å². The van der Waals surface area contributed by atoms with E-state index in [0.29, 0.717) is 10.6 Å². The van der Waals surface area contributed by atoms with E-state index in [9.17, 15) is 8.96 Å². The number of halogens is 1. The number of benzene rings is 2. The van der Waals surface area contributed by atoms with Crippen LogP contribution in [-0.2, 0) is 4.57 Å². The van der Waals surface area contributed by atoms with Crippen molar-refractivity contribution in [2.45, 2.75) is 20.8 Å². The van der Waals surface area contributed by atoms with Gasteiger partial charge < -0.3 is 4.57 Å². The average Bonchev–Trinajstić information content (AvgIpc) is 2.38. The maximum absolute atomic E-state index is 13.6. The van der Waals surface area contributed by atoms with Crippen LogP contribution in [0.3, 0.4) is 0 Å². The second-order valence-corrected chi connectivity index (χ2v) is 7.62. The molecule has 0 spiro atoms. The van der Waals surface area contributed by atoms with Crippen molar-refractivity contribution in [3.63, 3.8) is 0 Å². The van der Waals surface area contributed by atoms with Crippen LogP contribution in [0.4, 0.5) is 4.39 Å². The van der Waals surface area contributed by atoms with Gasteiger partial charge in [-0.15, -0.1) is 0 Å². The van der Waals surface area contributed by atoms with Gasteiger partial charge in [0.25, 0.3) is 0 Å². The molecule has 0 saturated heterocycles. The Bertz CT molecular complexity index is 611. The van der Waals surface area contributed by atoms with Crippen LogP contribution in [0.25, 0.3) is 0 Å². The zero-order valence-corrected chi connectivity index (χ0v) is 12.4. The summed E-state index contributed by atoms with van der Waals surface area (Å²) in [6, 6.07) is 12.9. The first-order valence-corrected chi connectivity index (χ1v) is 8.17. The van der Waals surface area contributed by atoms with Crippen molar-refractivity contribution >= 4 is 17.8 Å². The lowest BCUT2D eigenvalue weighted by molar-refractivity contribution is 0.542. The first kappa shape index (κ1) is 14.0. The van der Waals surface area contributed by atoms with Crippen LogP contribution in [0.15, 0.2) is 42.5 Å². The number of hydrogen-bond acceptors (Lipinski definition) is 1. The third kappa shape index (κ3) is 2.50. The monoisotopic (exact) mass is 276 g/mol. The Hall–Kier alpha value is -1.40. The van der Waals surface area contributed by atoms with Gasteiger partial charge in [0.15, 0.2) is 13.6 Å². The molecule has 0 amide bonds. The molecule has 0 radical (unpaired) electrons. The molecule has 2 rings (SSSR count). The van der Waals surface area contributed by atoms with E-state index in [1.165, 1.54) is 0 Å². The fourth-order valence-corrected chi connectivity index (χ4v) is 5.11. The molecule has 1 nitrogen and oxygen atoms in total. The zero-order valence-electron chi connectivity index (χ0n) is 11.5. The molecule has 0 aliphatic rings. The van der Waals surface area contributed by atoms with Crippen LogP contribution >= 0.6 is 7.14 Å². The Morgan fingerprint density at radius 3 is 2.00 bits per heavy atom. The fraction of sp³-hybridized carbons (Fsp3) is 0.250. The predicted molar refractivity (Wildman–Crippen MR) is 79.9 cm³/mol. The molecular formula is C16H18FOP. The lowest BCUT2D eigenvalue weighted by Crippen LogP contribution is -2.22. The van der Waals surface area contributed by atoms with Crippen molar-refractivity contribution < 1.29 is 8.96 Å². The SMILES string of the molecule is Cc1cc(C)c([P@](=O)(CF)c2ccccc2)c(C)c1. The van der Waals surface area contributed by atoms with Crippen molar-refractivity contribution in [1.29, 1.82) is 0 Å². The van der Waals surface area contributed by atoms with Gasteiger partial charge in [0.05, 0.1) is 0 Å². The van der Waals surface area contributed by atoms with Gasteiger partial charge in [0, 0.05) is 10.6 Å². The Morgan fingerprint density at radius 2 is 1.53 bits per heavy atom. The van der Waals surface area contributed by atoms with Gasteiger partial charge >= 0.3 is 0 Å². The van der Waals surface area contributed by atoms with Crippen LogP contribution < -0.4 is 10.6 Å². The van der Waals surface area contributed by atoms with Gasteiger partial charge in [0.2, 0.25) is 0 Å². The van der Waals surface area contributed by atoms with Gasteiger partial charge in [-0.2, -0.15) is 0 Å². The largest absolute Gasteiger partial charge is 0.311 e. The first-order chi connectivity index (χ1) is 8.99. The summed E-state index contributed by atoms with van der Waals surface area (Å²) in [5, 5.41) is 1.26. The van der Waals surface area contributed by atoms with Crippen molar-refractivity contribution in [3.8, 4) is 0 Å². The standard InChI is InChI=1S/C16H18FOP/c1-12-9-13(2)16(14(3)10-12)19(18,11-17)15-7-5-4-6-8-15/h4-10H,11H2,1-3H3/t19-/m0/s1. The van der Waals surface area contributed by atoms with E-state index in [-0.39, 0.29) is 0 Å². The van der Waals surface area contributed by atoms with Gasteiger partial charge in [-0.3, -0.25) is 0 Å². The summed E-state index contributed by atoms with van der Waals surface area (Å²) in [5.74, 6) is 0. The first-order valence-electron chi connectivity index (χ1n) is 6.28. The number of hydrogen-bond donors (Lipinski definition) is 0. The van der Waals surface area contributed by atoms with Gasteiger partial charge in [-0.1, -0.05) is 48.0 Å². The minimum Gasteiger partial charge on any atom is -0.311 e. The summed E-state index contributed by atoms with van der Waals surface area (Å²) in [6.45, 7) is 5.80. The minimum atomic E-state index is -3.17. The maximum Gasteiger partial charge on any atom is 0.173 e. The molecule has 0 saturated carbocycles. The second kappa shape index (κ2) is 5.30. The van der Waals surface area contributed by atoms with Crippen LogP contribution in [0, 0.1) is 20.8 Å². The molecule has 3 heteroatoms. The van der Waals surface area contributed by atoms with Crippen molar-refractivity contribution in [3.05, 3.63) is 59.2 Å². The van der Waals surface area contributed by atoms with E-state index >= 15 is 0 Å². The zero-order chi connectivity index (χ0) is 14.0. The number of rotatable bonds is 3. The van der Waals surface area contributed by atoms with Gasteiger partial charge in [-0.25, -0.2) is 4.39 Å². The summed E-state index contributed by atoms with van der Waals surface area (Å²) in [5.41, 5.74) is 2.92. The van der Waals surface area contributed by atoms with Gasteiger partial charge in [0.1, 0.15) is 0 Å². The molecule has 0 N–H and O–H groups in total. The normalized spacial score (nSPS) is 14.1. The topological polar surface area (TPSA) is 17.1 Å². The smallest absolute Gasteiger partial charge is 0.173 e. The highest BCUT2D eigenvalue weighted by atomic mass is 31.2. The van der Waals surface area contributed by atoms with Gasteiger partial charge in [-0.05, 0) is 31.9 Å². The van der Waals surface area contributed by atoms with E-state index in [1.807, 2.05) is 39.0 Å². The van der Waals surface area contributed by atoms with Crippen molar-refractivity contribution in [2.75, 3.05) is 6.42 Å². The summed E-state index contributed by atoms with van der Waals surface area (Å²) in [6.07, 6.45) is -0.832. The molecule has 0 aliphatic heterocycles. The van der Waals surface area contributed by atoms with E-state index in [0.717, 1.165) is 16.7 Å². The Labute approximate surface area is 113 Å². The van der Waals surface area contributed by atoms with Crippen LogP contribution in [0.1, 0.15) is 16.7 Å². The number of alkyl halides is 1. The molecular weight excluding hydrogens is 258 g/mol. The third-order valence-corrected chi connectivity index (χ3v) is 6.23. The lowest BCUT2D eigenvalue weighted by atomic mass is 10.1. The summed E-state index contributed by atoms with van der Waals surface area (Å²) in [4.78, 5) is 0. The maximum atomic E-state index is 13.6. The molecule has 2 aromatic carbocycles. The lowest BCUT2D eigenvalue weighted by Gasteiger charge is -2.20. The molecule has 100 valence electrons. The molecule has 0 aliphatic carbocycles. The summed E-state index contributed by atoms with van der Waals surface area (Å²) < 4.78 is 26.8. The molecule has 2 aromatic rings. The molecule has 0 bridgehead atoms. The van der Waals surface area contributed by atoms with Crippen LogP contribution in [0.2, 0.25) is 0 Å². The summed E-state index contributed by atoms with van der Waals surface area (Å²) >= 11 is 0. The van der Waals surface area contributed by atoms with E-state index in [1.54, 1.807) is 24.3 Å². The average molecular weight is 276 g/mol. The Kier molecular flexibility index (Phi) is 3.91. The Balaban J connectivity index is 2.71. The molecule has 19 heavy (non-hydrogen) atoms. The quantitative estimate of drug-likeness (QED) is 0.778. The van der Waals surface area contributed by atoms with E-state index in [2.05, 4.69) is 0 Å². The van der Waals surface area contributed by atoms with Crippen molar-refractivity contribution in [2.24, 2.45) is 0 Å². The van der Waals surface area contributed by atoms with E-state index < -0.39 is 13.6 Å². The highest BCUT2D eigenvalue weighted by Gasteiger charge is 2.30.